The maximum Gasteiger partial charge on any atom is 0.179 e. The summed E-state index contributed by atoms with van der Waals surface area (Å²) in [6.07, 6.45) is 5.94. The van der Waals surface area contributed by atoms with Crippen molar-refractivity contribution in [2.75, 3.05) is 0 Å². The molecule has 5 nitrogen and oxygen atoms in total. The van der Waals surface area contributed by atoms with Crippen molar-refractivity contribution in [3.05, 3.63) is 23.1 Å². The molecule has 2 aromatic rings. The monoisotopic (exact) mass is 251 g/mol. The molecule has 3 rings (SSSR count). The summed E-state index contributed by atoms with van der Waals surface area (Å²) in [5.74, 6) is 1.27. The van der Waals surface area contributed by atoms with Gasteiger partial charge in [0.25, 0.3) is 0 Å². The molecule has 0 radical (unpaired) electrons. The van der Waals surface area contributed by atoms with Crippen molar-refractivity contribution >= 4 is 17.2 Å². The normalized spacial score (nSPS) is 25.3. The van der Waals surface area contributed by atoms with Crippen LogP contribution in [0.15, 0.2) is 12.3 Å². The lowest BCUT2D eigenvalue weighted by atomic mass is 9.86. The van der Waals surface area contributed by atoms with Crippen molar-refractivity contribution in [1.82, 2.24) is 19.8 Å². The summed E-state index contributed by atoms with van der Waals surface area (Å²) < 4.78 is 1.77. The minimum atomic E-state index is 0.272. The highest BCUT2D eigenvalue weighted by Gasteiger charge is 2.25. The molecule has 2 unspecified atom stereocenters. The fraction of sp³-hybridized carbons (Fsp3) is 0.545. The second kappa shape index (κ2) is 4.23. The highest BCUT2D eigenvalue weighted by Crippen LogP contribution is 2.31. The summed E-state index contributed by atoms with van der Waals surface area (Å²) in [6, 6.07) is 2.04. The van der Waals surface area contributed by atoms with Crippen LogP contribution in [0, 0.1) is 0 Å². The number of rotatable bonds is 1. The van der Waals surface area contributed by atoms with E-state index in [2.05, 4.69) is 15.3 Å². The van der Waals surface area contributed by atoms with E-state index in [4.69, 9.17) is 17.3 Å². The zero-order valence-corrected chi connectivity index (χ0v) is 10.1. The largest absolute Gasteiger partial charge is 0.328 e. The van der Waals surface area contributed by atoms with E-state index >= 15 is 0 Å². The molecule has 0 saturated heterocycles. The van der Waals surface area contributed by atoms with Crippen molar-refractivity contribution in [2.45, 2.75) is 37.6 Å². The van der Waals surface area contributed by atoms with Crippen LogP contribution in [-0.4, -0.2) is 25.9 Å². The van der Waals surface area contributed by atoms with E-state index in [1.165, 1.54) is 0 Å². The number of nitrogens with zero attached hydrogens (tertiary/aromatic N) is 4. The molecule has 0 spiro atoms. The van der Waals surface area contributed by atoms with Gasteiger partial charge in [-0.1, -0.05) is 18.0 Å². The molecule has 1 aliphatic carbocycles. The molecular formula is C11H14ClN5. The third kappa shape index (κ3) is 2.00. The Kier molecular flexibility index (Phi) is 2.72. The van der Waals surface area contributed by atoms with E-state index in [1.54, 1.807) is 16.8 Å². The molecular weight excluding hydrogens is 238 g/mol. The lowest BCUT2D eigenvalue weighted by Gasteiger charge is -2.24. The van der Waals surface area contributed by atoms with E-state index < -0.39 is 0 Å². The molecule has 1 fully saturated rings. The smallest absolute Gasteiger partial charge is 0.179 e. The Labute approximate surface area is 104 Å². The van der Waals surface area contributed by atoms with Gasteiger partial charge in [-0.3, -0.25) is 0 Å². The van der Waals surface area contributed by atoms with Gasteiger partial charge in [-0.15, -0.1) is 10.2 Å². The maximum absolute atomic E-state index is 6.00. The van der Waals surface area contributed by atoms with Gasteiger partial charge in [0, 0.05) is 18.0 Å². The van der Waals surface area contributed by atoms with Gasteiger partial charge >= 0.3 is 0 Å². The molecule has 0 bridgehead atoms. The first kappa shape index (κ1) is 10.9. The van der Waals surface area contributed by atoms with Gasteiger partial charge in [0.15, 0.2) is 11.5 Å². The van der Waals surface area contributed by atoms with Crippen LogP contribution in [0.25, 0.3) is 5.65 Å². The molecule has 17 heavy (non-hydrogen) atoms. The lowest BCUT2D eigenvalue weighted by molar-refractivity contribution is 0.378. The zero-order valence-electron chi connectivity index (χ0n) is 9.38. The third-order valence-corrected chi connectivity index (χ3v) is 3.54. The minimum absolute atomic E-state index is 0.272. The second-order valence-corrected chi connectivity index (χ2v) is 5.06. The van der Waals surface area contributed by atoms with Crippen LogP contribution in [0.1, 0.15) is 37.4 Å². The fourth-order valence-corrected chi connectivity index (χ4v) is 2.64. The molecule has 0 aliphatic heterocycles. The SMILES string of the molecule is NC1CCCC(c2nnc3cc(Cl)cnn23)C1. The van der Waals surface area contributed by atoms with Crippen LogP contribution in [0.4, 0.5) is 0 Å². The molecule has 1 saturated carbocycles. The van der Waals surface area contributed by atoms with Crippen molar-refractivity contribution in [1.29, 1.82) is 0 Å². The number of fused-ring (bicyclic) bond motifs is 1. The van der Waals surface area contributed by atoms with Crippen molar-refractivity contribution in [2.24, 2.45) is 5.73 Å². The van der Waals surface area contributed by atoms with Gasteiger partial charge in [-0.05, 0) is 19.3 Å². The fourth-order valence-electron chi connectivity index (χ4n) is 2.50. The van der Waals surface area contributed by atoms with Gasteiger partial charge in [-0.25, -0.2) is 0 Å². The minimum Gasteiger partial charge on any atom is -0.328 e. The lowest BCUT2D eigenvalue weighted by Crippen LogP contribution is -2.27. The predicted octanol–water partition coefficient (Wildman–Crippen LogP) is 1.76. The summed E-state index contributed by atoms with van der Waals surface area (Å²) in [5, 5.41) is 13.2. The number of aromatic nitrogens is 4. The summed E-state index contributed by atoms with van der Waals surface area (Å²) in [5.41, 5.74) is 6.70. The molecule has 90 valence electrons. The third-order valence-electron chi connectivity index (χ3n) is 3.33. The van der Waals surface area contributed by atoms with E-state index in [1.807, 2.05) is 0 Å². The predicted molar refractivity (Wildman–Crippen MR) is 65.0 cm³/mol. The average molecular weight is 252 g/mol. The zero-order chi connectivity index (χ0) is 11.8. The Hall–Kier alpha value is -1.20. The molecule has 1 aliphatic rings. The number of halogens is 1. The van der Waals surface area contributed by atoms with E-state index in [0.29, 0.717) is 16.6 Å². The van der Waals surface area contributed by atoms with Gasteiger partial charge in [0.1, 0.15) is 0 Å². The first-order valence-electron chi connectivity index (χ1n) is 5.86. The van der Waals surface area contributed by atoms with Gasteiger partial charge in [-0.2, -0.15) is 9.61 Å². The summed E-state index contributed by atoms with van der Waals surface area (Å²) in [4.78, 5) is 0. The van der Waals surface area contributed by atoms with Gasteiger partial charge < -0.3 is 5.73 Å². The molecule has 2 atom stereocenters. The molecule has 2 N–H and O–H groups in total. The van der Waals surface area contributed by atoms with Gasteiger partial charge in [0.2, 0.25) is 0 Å². The summed E-state index contributed by atoms with van der Waals surface area (Å²) in [7, 11) is 0. The van der Waals surface area contributed by atoms with E-state index in [0.717, 1.165) is 31.5 Å². The topological polar surface area (TPSA) is 69.1 Å². The van der Waals surface area contributed by atoms with Crippen LogP contribution in [0.5, 0.6) is 0 Å². The molecule has 2 heterocycles. The Bertz CT molecular complexity index is 538. The standard InChI is InChI=1S/C11H14ClN5/c12-8-5-10-15-16-11(17(10)14-6-8)7-2-1-3-9(13)4-7/h5-7,9H,1-4,13H2. The van der Waals surface area contributed by atoms with Crippen LogP contribution >= 0.6 is 11.6 Å². The second-order valence-electron chi connectivity index (χ2n) is 4.63. The molecule has 0 aromatic carbocycles. The number of nitrogens with two attached hydrogens (primary N) is 1. The summed E-state index contributed by atoms with van der Waals surface area (Å²) >= 11 is 5.87. The van der Waals surface area contributed by atoms with Crippen molar-refractivity contribution in [3.8, 4) is 0 Å². The summed E-state index contributed by atoms with van der Waals surface area (Å²) in [6.45, 7) is 0. The van der Waals surface area contributed by atoms with Crippen molar-refractivity contribution < 1.29 is 0 Å². The quantitative estimate of drug-likeness (QED) is 0.839. The number of hydrogen-bond acceptors (Lipinski definition) is 4. The highest BCUT2D eigenvalue weighted by molar-refractivity contribution is 6.30. The molecule has 0 amide bonds. The van der Waals surface area contributed by atoms with Crippen LogP contribution in [0.2, 0.25) is 5.02 Å². The first-order chi connectivity index (χ1) is 8.24. The Morgan fingerprint density at radius 3 is 3.06 bits per heavy atom. The maximum atomic E-state index is 6.00. The van der Waals surface area contributed by atoms with E-state index in [9.17, 15) is 0 Å². The van der Waals surface area contributed by atoms with Crippen LogP contribution in [-0.2, 0) is 0 Å². The average Bonchev–Trinajstić information content (AvgIpc) is 2.71. The Balaban J connectivity index is 1.99. The van der Waals surface area contributed by atoms with Crippen molar-refractivity contribution in [3.63, 3.8) is 0 Å². The molecule has 2 aromatic heterocycles. The van der Waals surface area contributed by atoms with E-state index in [-0.39, 0.29) is 6.04 Å². The molecule has 6 heteroatoms. The first-order valence-corrected chi connectivity index (χ1v) is 6.24. The Morgan fingerprint density at radius 2 is 2.24 bits per heavy atom. The number of hydrogen-bond donors (Lipinski definition) is 1. The van der Waals surface area contributed by atoms with Crippen LogP contribution < -0.4 is 5.73 Å². The van der Waals surface area contributed by atoms with Crippen LogP contribution in [0.3, 0.4) is 0 Å². The highest BCUT2D eigenvalue weighted by atomic mass is 35.5. The van der Waals surface area contributed by atoms with Gasteiger partial charge in [0.05, 0.1) is 11.2 Å². The Morgan fingerprint density at radius 1 is 1.35 bits per heavy atom.